The molecule has 7 heteroatoms. The van der Waals surface area contributed by atoms with Gasteiger partial charge in [-0.25, -0.2) is 4.98 Å². The maximum Gasteiger partial charge on any atom is 0.339 e. The normalized spacial score (nSPS) is 11.7. The molecule has 0 amide bonds. The number of halogens is 1. The first kappa shape index (κ1) is 14.1. The fourth-order valence-electron chi connectivity index (χ4n) is 1.85. The van der Waals surface area contributed by atoms with Gasteiger partial charge in [0.2, 0.25) is 0 Å². The zero-order valence-corrected chi connectivity index (χ0v) is 13.3. The molecule has 0 saturated carbocycles. The third kappa shape index (κ3) is 2.93. The van der Waals surface area contributed by atoms with Crippen LogP contribution >= 0.6 is 15.9 Å². The van der Waals surface area contributed by atoms with E-state index in [4.69, 9.17) is 8.60 Å². The number of hydrogen-bond donors (Lipinski definition) is 0. The molecule has 0 aliphatic heterocycles. The molecule has 0 atom stereocenters. The van der Waals surface area contributed by atoms with Crippen molar-refractivity contribution in [3.63, 3.8) is 0 Å². The summed E-state index contributed by atoms with van der Waals surface area (Å²) in [6.07, 6.45) is 0. The average Bonchev–Trinajstić information content (AvgIpc) is 2.78. The molecule has 5 nitrogen and oxygen atoms in total. The minimum absolute atomic E-state index is 0.0853. The van der Waals surface area contributed by atoms with Crippen molar-refractivity contribution in [3.8, 4) is 5.75 Å². The van der Waals surface area contributed by atoms with Crippen LogP contribution in [0.25, 0.3) is 11.1 Å². The summed E-state index contributed by atoms with van der Waals surface area (Å²) in [5, 5.41) is 0. The molecule has 0 aliphatic rings. The van der Waals surface area contributed by atoms with Crippen LogP contribution in [0.1, 0.15) is 5.89 Å². The summed E-state index contributed by atoms with van der Waals surface area (Å²) in [4.78, 5) is 4.23. The quantitative estimate of drug-likeness (QED) is 0.660. The number of hydrogen-bond acceptors (Lipinski definition) is 5. The van der Waals surface area contributed by atoms with E-state index in [0.717, 1.165) is 4.47 Å². The van der Waals surface area contributed by atoms with Crippen molar-refractivity contribution in [2.24, 2.45) is 0 Å². The number of aromatic nitrogens is 1. The van der Waals surface area contributed by atoms with Crippen LogP contribution in [0.2, 0.25) is 0 Å². The number of oxazole rings is 1. The SMILES string of the molecule is Cc1nc2cc(OS(=O)(=O)c3ccc(Br)cc3)ccc2o1. The first-order valence-corrected chi connectivity index (χ1v) is 8.21. The van der Waals surface area contributed by atoms with Gasteiger partial charge in [0.25, 0.3) is 0 Å². The van der Waals surface area contributed by atoms with E-state index in [1.807, 2.05) is 0 Å². The molecule has 0 radical (unpaired) electrons. The third-order valence-corrected chi connectivity index (χ3v) is 4.56. The molecule has 0 unspecified atom stereocenters. The molecule has 0 spiro atoms. The lowest BCUT2D eigenvalue weighted by Crippen LogP contribution is -2.09. The summed E-state index contributed by atoms with van der Waals surface area (Å²) in [5.74, 6) is 0.705. The van der Waals surface area contributed by atoms with Crippen LogP contribution in [-0.4, -0.2) is 13.4 Å². The van der Waals surface area contributed by atoms with Crippen LogP contribution in [0.15, 0.2) is 56.2 Å². The Morgan fingerprint density at radius 2 is 1.86 bits per heavy atom. The molecule has 1 aromatic heterocycles. The predicted octanol–water partition coefficient (Wildman–Crippen LogP) is 3.67. The summed E-state index contributed by atoms with van der Waals surface area (Å²) >= 11 is 3.25. The van der Waals surface area contributed by atoms with Crippen molar-refractivity contribution in [2.75, 3.05) is 0 Å². The van der Waals surface area contributed by atoms with Gasteiger partial charge in [-0.1, -0.05) is 15.9 Å². The number of rotatable bonds is 3. The standard InChI is InChI=1S/C14H10BrNO4S/c1-9-16-13-8-11(4-7-14(13)19-9)20-21(17,18)12-5-2-10(15)3-6-12/h2-8H,1H3. The summed E-state index contributed by atoms with van der Waals surface area (Å²) in [7, 11) is -3.87. The van der Waals surface area contributed by atoms with Gasteiger partial charge in [-0.2, -0.15) is 8.42 Å². The van der Waals surface area contributed by atoms with E-state index in [1.54, 1.807) is 25.1 Å². The lowest BCUT2D eigenvalue weighted by molar-refractivity contribution is 0.486. The highest BCUT2D eigenvalue weighted by Gasteiger charge is 2.17. The minimum atomic E-state index is -3.87. The fraction of sp³-hybridized carbons (Fsp3) is 0.0714. The number of nitrogens with zero attached hydrogens (tertiary/aromatic N) is 1. The molecule has 3 rings (SSSR count). The van der Waals surface area contributed by atoms with Crippen molar-refractivity contribution in [2.45, 2.75) is 11.8 Å². The molecule has 0 aliphatic carbocycles. The highest BCUT2D eigenvalue weighted by molar-refractivity contribution is 9.10. The van der Waals surface area contributed by atoms with Crippen molar-refractivity contribution in [1.29, 1.82) is 0 Å². The second kappa shape index (κ2) is 5.16. The highest BCUT2D eigenvalue weighted by Crippen LogP contribution is 2.24. The topological polar surface area (TPSA) is 69.4 Å². The maximum atomic E-state index is 12.2. The molecule has 1 heterocycles. The van der Waals surface area contributed by atoms with Crippen LogP contribution in [0.3, 0.4) is 0 Å². The van der Waals surface area contributed by atoms with Gasteiger partial charge in [-0.05, 0) is 36.4 Å². The smallest absolute Gasteiger partial charge is 0.339 e. The second-order valence-electron chi connectivity index (χ2n) is 4.35. The lowest BCUT2D eigenvalue weighted by atomic mass is 10.3. The van der Waals surface area contributed by atoms with Gasteiger partial charge in [0, 0.05) is 17.5 Å². The Kier molecular flexibility index (Phi) is 3.46. The summed E-state index contributed by atoms with van der Waals surface area (Å²) in [6.45, 7) is 1.72. The largest absolute Gasteiger partial charge is 0.441 e. The monoisotopic (exact) mass is 367 g/mol. The third-order valence-electron chi connectivity index (χ3n) is 2.77. The molecule has 0 fully saturated rings. The second-order valence-corrected chi connectivity index (χ2v) is 6.82. The van der Waals surface area contributed by atoms with Crippen molar-refractivity contribution in [3.05, 3.63) is 52.8 Å². The van der Waals surface area contributed by atoms with Crippen molar-refractivity contribution in [1.82, 2.24) is 4.98 Å². The van der Waals surface area contributed by atoms with Crippen LogP contribution in [0.5, 0.6) is 5.75 Å². The van der Waals surface area contributed by atoms with Gasteiger partial charge in [0.05, 0.1) is 0 Å². The van der Waals surface area contributed by atoms with E-state index in [1.165, 1.54) is 24.3 Å². The molecule has 108 valence electrons. The molecule has 3 aromatic rings. The minimum Gasteiger partial charge on any atom is -0.441 e. The fourth-order valence-corrected chi connectivity index (χ4v) is 3.04. The number of aryl methyl sites for hydroxylation is 1. The molecular weight excluding hydrogens is 358 g/mol. The molecule has 21 heavy (non-hydrogen) atoms. The van der Waals surface area contributed by atoms with Crippen LogP contribution in [0, 0.1) is 6.92 Å². The van der Waals surface area contributed by atoms with E-state index >= 15 is 0 Å². The molecule has 0 bridgehead atoms. The molecule has 2 aromatic carbocycles. The first-order valence-electron chi connectivity index (χ1n) is 6.01. The van der Waals surface area contributed by atoms with E-state index in [-0.39, 0.29) is 10.6 Å². The van der Waals surface area contributed by atoms with Crippen LogP contribution < -0.4 is 4.18 Å². The van der Waals surface area contributed by atoms with Gasteiger partial charge >= 0.3 is 10.1 Å². The Hall–Kier alpha value is -1.86. The van der Waals surface area contributed by atoms with Crippen LogP contribution in [-0.2, 0) is 10.1 Å². The first-order chi connectivity index (χ1) is 9.94. The summed E-state index contributed by atoms with van der Waals surface area (Å²) < 4.78 is 35.6. The van der Waals surface area contributed by atoms with E-state index in [2.05, 4.69) is 20.9 Å². The number of benzene rings is 2. The Morgan fingerprint density at radius 1 is 1.14 bits per heavy atom. The molecule has 0 N–H and O–H groups in total. The van der Waals surface area contributed by atoms with Gasteiger partial charge in [0.1, 0.15) is 16.2 Å². The highest BCUT2D eigenvalue weighted by atomic mass is 79.9. The van der Waals surface area contributed by atoms with Gasteiger partial charge < -0.3 is 8.60 Å². The average molecular weight is 368 g/mol. The summed E-state index contributed by atoms with van der Waals surface area (Å²) in [5.41, 5.74) is 1.14. The van der Waals surface area contributed by atoms with Gasteiger partial charge in [-0.15, -0.1) is 0 Å². The summed E-state index contributed by atoms with van der Waals surface area (Å²) in [6, 6.07) is 10.9. The maximum absolute atomic E-state index is 12.2. The zero-order valence-electron chi connectivity index (χ0n) is 10.9. The zero-order chi connectivity index (χ0) is 15.0. The number of fused-ring (bicyclic) bond motifs is 1. The Balaban J connectivity index is 1.94. The Labute approximate surface area is 129 Å². The van der Waals surface area contributed by atoms with Crippen molar-refractivity contribution < 1.29 is 17.0 Å². The lowest BCUT2D eigenvalue weighted by Gasteiger charge is -2.06. The Morgan fingerprint density at radius 3 is 2.57 bits per heavy atom. The Bertz CT molecular complexity index is 900. The van der Waals surface area contributed by atoms with E-state index < -0.39 is 10.1 Å². The van der Waals surface area contributed by atoms with Gasteiger partial charge in [0.15, 0.2) is 11.5 Å². The van der Waals surface area contributed by atoms with Crippen molar-refractivity contribution >= 4 is 37.1 Å². The van der Waals surface area contributed by atoms with Crippen LogP contribution in [0.4, 0.5) is 0 Å². The molecule has 0 saturated heterocycles. The van der Waals surface area contributed by atoms with E-state index in [0.29, 0.717) is 17.0 Å². The van der Waals surface area contributed by atoms with Gasteiger partial charge in [-0.3, -0.25) is 0 Å². The molecular formula is C14H10BrNO4S. The predicted molar refractivity (Wildman–Crippen MR) is 80.7 cm³/mol. The van der Waals surface area contributed by atoms with E-state index in [9.17, 15) is 8.42 Å².